The second-order valence-electron chi connectivity index (χ2n) is 3.83. The fourth-order valence-corrected chi connectivity index (χ4v) is 2.30. The van der Waals surface area contributed by atoms with Crippen molar-refractivity contribution in [3.63, 3.8) is 0 Å². The molecule has 0 aliphatic carbocycles. The summed E-state index contributed by atoms with van der Waals surface area (Å²) in [6.07, 6.45) is 0.791. The average Bonchev–Trinajstić information content (AvgIpc) is 2.67. The first kappa shape index (κ1) is 11.5. The zero-order valence-electron chi connectivity index (χ0n) is 9.00. The lowest BCUT2D eigenvalue weighted by atomic mass is 9.95. The number of ether oxygens (including phenoxy) is 2. The van der Waals surface area contributed by atoms with Crippen LogP contribution in [0.15, 0.2) is 10.5 Å². The van der Waals surface area contributed by atoms with Crippen molar-refractivity contribution in [2.45, 2.75) is 19.3 Å². The molecule has 1 aliphatic rings. The molecule has 0 spiro atoms. The summed E-state index contributed by atoms with van der Waals surface area (Å²) in [6.45, 7) is 2.78. The molecule has 0 aromatic heterocycles. The van der Waals surface area contributed by atoms with Crippen LogP contribution in [-0.4, -0.2) is 18.4 Å². The van der Waals surface area contributed by atoms with Gasteiger partial charge in [0.25, 0.3) is 0 Å². The number of aromatic hydroxyl groups is 1. The zero-order valence-corrected chi connectivity index (χ0v) is 10.6. The molecule has 3 N–H and O–H groups in total. The molecule has 1 aliphatic heterocycles. The summed E-state index contributed by atoms with van der Waals surface area (Å²) in [4.78, 5) is 0. The summed E-state index contributed by atoms with van der Waals surface area (Å²) in [5.74, 6) is 1.66. The van der Waals surface area contributed by atoms with E-state index in [1.807, 2.05) is 6.92 Å². The second-order valence-corrected chi connectivity index (χ2v) is 4.69. The summed E-state index contributed by atoms with van der Waals surface area (Å²) in [7, 11) is 0. The molecule has 1 aromatic carbocycles. The van der Waals surface area contributed by atoms with Gasteiger partial charge in [0.2, 0.25) is 6.79 Å². The third-order valence-corrected chi connectivity index (χ3v) is 3.32. The molecule has 2 rings (SSSR count). The third-order valence-electron chi connectivity index (χ3n) is 2.72. The molecule has 0 radical (unpaired) electrons. The van der Waals surface area contributed by atoms with Gasteiger partial charge in [0.05, 0.1) is 4.47 Å². The fraction of sp³-hybridized carbons (Fsp3) is 0.455. The number of hydrogen-bond donors (Lipinski definition) is 2. The minimum atomic E-state index is 0.137. The highest BCUT2D eigenvalue weighted by atomic mass is 79.9. The Morgan fingerprint density at radius 1 is 1.56 bits per heavy atom. The Morgan fingerprint density at radius 2 is 2.31 bits per heavy atom. The Morgan fingerprint density at radius 3 is 3.00 bits per heavy atom. The van der Waals surface area contributed by atoms with E-state index < -0.39 is 0 Å². The van der Waals surface area contributed by atoms with E-state index in [9.17, 15) is 5.11 Å². The number of hydrogen-bond acceptors (Lipinski definition) is 4. The smallest absolute Gasteiger partial charge is 0.231 e. The van der Waals surface area contributed by atoms with Crippen LogP contribution in [0.5, 0.6) is 17.2 Å². The van der Waals surface area contributed by atoms with Gasteiger partial charge in [-0.3, -0.25) is 0 Å². The van der Waals surface area contributed by atoms with Gasteiger partial charge < -0.3 is 20.3 Å². The molecular weight excluding hydrogens is 274 g/mol. The van der Waals surface area contributed by atoms with E-state index in [1.54, 1.807) is 6.07 Å². The van der Waals surface area contributed by atoms with Gasteiger partial charge in [-0.15, -0.1) is 0 Å². The third kappa shape index (κ3) is 1.85. The molecular formula is C11H14BrNO3. The number of nitrogens with two attached hydrogens (primary N) is 1. The molecule has 1 unspecified atom stereocenters. The van der Waals surface area contributed by atoms with Crippen molar-refractivity contribution >= 4 is 15.9 Å². The van der Waals surface area contributed by atoms with Crippen molar-refractivity contribution in [2.75, 3.05) is 13.3 Å². The van der Waals surface area contributed by atoms with E-state index in [2.05, 4.69) is 15.9 Å². The van der Waals surface area contributed by atoms with E-state index in [0.717, 1.165) is 12.0 Å². The maximum absolute atomic E-state index is 10.0. The first-order valence-corrected chi connectivity index (χ1v) is 5.95. The second kappa shape index (κ2) is 4.51. The van der Waals surface area contributed by atoms with Crippen molar-refractivity contribution in [2.24, 2.45) is 5.73 Å². The SMILES string of the molecule is CC(CCN)c1c(O)c(Br)cc2c1OCO2. The Labute approximate surface area is 102 Å². The Bertz CT molecular complexity index is 409. The van der Waals surface area contributed by atoms with Crippen LogP contribution in [0.3, 0.4) is 0 Å². The molecule has 16 heavy (non-hydrogen) atoms. The van der Waals surface area contributed by atoms with Crippen molar-refractivity contribution in [1.82, 2.24) is 0 Å². The summed E-state index contributed by atoms with van der Waals surface area (Å²) in [5.41, 5.74) is 6.31. The Kier molecular flexibility index (Phi) is 3.25. The van der Waals surface area contributed by atoms with Crippen LogP contribution in [-0.2, 0) is 0 Å². The quantitative estimate of drug-likeness (QED) is 0.896. The number of phenols is 1. The van der Waals surface area contributed by atoms with Crippen LogP contribution in [0.25, 0.3) is 0 Å². The highest BCUT2D eigenvalue weighted by Gasteiger charge is 2.26. The highest BCUT2D eigenvalue weighted by Crippen LogP contribution is 2.48. The minimum absolute atomic E-state index is 0.137. The van der Waals surface area contributed by atoms with Crippen molar-refractivity contribution in [3.05, 3.63) is 16.1 Å². The van der Waals surface area contributed by atoms with Gasteiger partial charge >= 0.3 is 0 Å². The van der Waals surface area contributed by atoms with E-state index in [0.29, 0.717) is 22.5 Å². The molecule has 4 nitrogen and oxygen atoms in total. The van der Waals surface area contributed by atoms with E-state index in [1.165, 1.54) is 0 Å². The number of benzene rings is 1. The van der Waals surface area contributed by atoms with Gasteiger partial charge in [-0.25, -0.2) is 0 Å². The average molecular weight is 288 g/mol. The topological polar surface area (TPSA) is 64.7 Å². The van der Waals surface area contributed by atoms with Crippen LogP contribution in [0.4, 0.5) is 0 Å². The molecule has 1 heterocycles. The van der Waals surface area contributed by atoms with Crippen LogP contribution in [0, 0.1) is 0 Å². The molecule has 0 bridgehead atoms. The van der Waals surface area contributed by atoms with E-state index >= 15 is 0 Å². The molecule has 0 saturated carbocycles. The van der Waals surface area contributed by atoms with Crippen LogP contribution >= 0.6 is 15.9 Å². The Hall–Kier alpha value is -0.940. The normalized spacial score (nSPS) is 15.2. The lowest BCUT2D eigenvalue weighted by Gasteiger charge is -2.16. The van der Waals surface area contributed by atoms with Crippen molar-refractivity contribution in [3.8, 4) is 17.2 Å². The zero-order chi connectivity index (χ0) is 11.7. The van der Waals surface area contributed by atoms with Gasteiger partial charge in [0, 0.05) is 11.6 Å². The lowest BCUT2D eigenvalue weighted by Crippen LogP contribution is -2.06. The van der Waals surface area contributed by atoms with E-state index in [-0.39, 0.29) is 18.5 Å². The van der Waals surface area contributed by atoms with Crippen LogP contribution in [0.2, 0.25) is 0 Å². The molecule has 1 atom stereocenters. The fourth-order valence-electron chi connectivity index (χ4n) is 1.88. The van der Waals surface area contributed by atoms with Crippen LogP contribution < -0.4 is 15.2 Å². The standard InChI is InChI=1S/C11H14BrNO3/c1-6(2-3-13)9-10(14)7(12)4-8-11(9)16-5-15-8/h4,6,14H,2-3,5,13H2,1H3. The van der Waals surface area contributed by atoms with E-state index in [4.69, 9.17) is 15.2 Å². The predicted molar refractivity (Wildman–Crippen MR) is 64.0 cm³/mol. The highest BCUT2D eigenvalue weighted by molar-refractivity contribution is 9.10. The predicted octanol–water partition coefficient (Wildman–Crippen LogP) is 2.34. The van der Waals surface area contributed by atoms with Gasteiger partial charge in [0.1, 0.15) is 5.75 Å². The molecule has 5 heteroatoms. The molecule has 0 fully saturated rings. The summed E-state index contributed by atoms with van der Waals surface area (Å²) in [5, 5.41) is 10.0. The maximum atomic E-state index is 10.0. The monoisotopic (exact) mass is 287 g/mol. The lowest BCUT2D eigenvalue weighted by molar-refractivity contribution is 0.173. The van der Waals surface area contributed by atoms with Gasteiger partial charge in [0.15, 0.2) is 11.5 Å². The Balaban J connectivity index is 2.49. The maximum Gasteiger partial charge on any atom is 0.231 e. The number of rotatable bonds is 3. The molecule has 0 saturated heterocycles. The largest absolute Gasteiger partial charge is 0.506 e. The summed E-state index contributed by atoms with van der Waals surface area (Å²) < 4.78 is 11.3. The van der Waals surface area contributed by atoms with Gasteiger partial charge in [-0.1, -0.05) is 6.92 Å². The molecule has 1 aromatic rings. The number of phenolic OH excluding ortho intramolecular Hbond substituents is 1. The number of halogens is 1. The summed E-state index contributed by atoms with van der Waals surface area (Å²) >= 11 is 3.30. The van der Waals surface area contributed by atoms with Crippen molar-refractivity contribution < 1.29 is 14.6 Å². The van der Waals surface area contributed by atoms with Crippen LogP contribution in [0.1, 0.15) is 24.8 Å². The summed E-state index contributed by atoms with van der Waals surface area (Å²) in [6, 6.07) is 1.72. The molecule has 88 valence electrons. The van der Waals surface area contributed by atoms with Crippen molar-refractivity contribution in [1.29, 1.82) is 0 Å². The first-order chi connectivity index (χ1) is 7.65. The van der Waals surface area contributed by atoms with Gasteiger partial charge in [-0.2, -0.15) is 0 Å². The number of fused-ring (bicyclic) bond motifs is 1. The minimum Gasteiger partial charge on any atom is -0.506 e. The first-order valence-electron chi connectivity index (χ1n) is 5.16. The van der Waals surface area contributed by atoms with Gasteiger partial charge in [-0.05, 0) is 34.8 Å². The molecule has 0 amide bonds.